The van der Waals surface area contributed by atoms with Crippen molar-refractivity contribution < 1.29 is 28.6 Å². The van der Waals surface area contributed by atoms with Crippen LogP contribution in [-0.2, 0) is 28.6 Å². The van der Waals surface area contributed by atoms with E-state index in [1.807, 2.05) is 0 Å². The molecular formula is C73H136O6. The van der Waals surface area contributed by atoms with Crippen molar-refractivity contribution in [1.29, 1.82) is 0 Å². The lowest BCUT2D eigenvalue weighted by Gasteiger charge is -2.18. The van der Waals surface area contributed by atoms with Gasteiger partial charge in [0.05, 0.1) is 0 Å². The first-order valence-electron chi connectivity index (χ1n) is 35.5. The predicted molar refractivity (Wildman–Crippen MR) is 344 cm³/mol. The van der Waals surface area contributed by atoms with Gasteiger partial charge in [0, 0.05) is 19.3 Å². The van der Waals surface area contributed by atoms with E-state index in [0.717, 1.165) is 77.0 Å². The highest BCUT2D eigenvalue weighted by molar-refractivity contribution is 5.71. The van der Waals surface area contributed by atoms with Gasteiger partial charge in [-0.1, -0.05) is 353 Å². The van der Waals surface area contributed by atoms with E-state index in [9.17, 15) is 14.4 Å². The van der Waals surface area contributed by atoms with E-state index in [0.29, 0.717) is 19.3 Å². The zero-order valence-corrected chi connectivity index (χ0v) is 53.4. The lowest BCUT2D eigenvalue weighted by Crippen LogP contribution is -2.30. The van der Waals surface area contributed by atoms with Gasteiger partial charge in [-0.2, -0.15) is 0 Å². The Bertz CT molecular complexity index is 1320. The molecule has 1 unspecified atom stereocenters. The molecule has 79 heavy (non-hydrogen) atoms. The minimum atomic E-state index is -0.774. The molecule has 0 radical (unpaired) electrons. The van der Waals surface area contributed by atoms with Gasteiger partial charge < -0.3 is 14.2 Å². The van der Waals surface area contributed by atoms with Gasteiger partial charge in [0.15, 0.2) is 6.10 Å². The van der Waals surface area contributed by atoms with Gasteiger partial charge in [-0.25, -0.2) is 0 Å². The third-order valence-corrected chi connectivity index (χ3v) is 16.1. The molecule has 0 saturated heterocycles. The van der Waals surface area contributed by atoms with Gasteiger partial charge >= 0.3 is 17.9 Å². The Morgan fingerprint density at radius 2 is 0.456 bits per heavy atom. The van der Waals surface area contributed by atoms with Crippen LogP contribution in [-0.4, -0.2) is 37.2 Å². The number of carbonyl (C=O) groups is 3. The standard InChI is InChI=1S/C73H136O6/c1-4-7-10-13-16-19-22-25-27-29-31-33-35-36-37-39-40-42-44-46-48-51-54-57-60-63-66-72(75)78-69-70(68-77-71(74)65-62-59-56-53-50-24-21-18-15-12-9-6-3)79-73(76)67-64-61-58-55-52-49-47-45-43-41-38-34-32-30-28-26-23-20-17-14-11-8-5-2/h23,26,30,32,38,41,70H,4-22,24-25,27-29,31,33-37,39-40,42-69H2,1-3H3/b26-23-,32-30-,41-38-. The molecule has 0 saturated carbocycles. The smallest absolute Gasteiger partial charge is 0.306 e. The van der Waals surface area contributed by atoms with Crippen LogP contribution in [0.4, 0.5) is 0 Å². The SMILES string of the molecule is CCCCCCC/C=C\C/C=C\C/C=C\CCCCCCCCCCC(=O)OC(COC(=O)CCCCCCCCCCCCCC)COC(=O)CCCCCCCCCCCCCCCCCCCCCCCCCCCC. The van der Waals surface area contributed by atoms with Crippen LogP contribution in [0.2, 0.25) is 0 Å². The van der Waals surface area contributed by atoms with Crippen LogP contribution < -0.4 is 0 Å². The van der Waals surface area contributed by atoms with Crippen LogP contribution in [0.5, 0.6) is 0 Å². The van der Waals surface area contributed by atoms with Crippen molar-refractivity contribution in [2.75, 3.05) is 13.2 Å². The molecule has 0 amide bonds. The van der Waals surface area contributed by atoms with Gasteiger partial charge in [0.25, 0.3) is 0 Å². The number of esters is 3. The first kappa shape index (κ1) is 76.6. The molecule has 0 rings (SSSR count). The molecule has 0 heterocycles. The van der Waals surface area contributed by atoms with E-state index in [1.54, 1.807) is 0 Å². The summed E-state index contributed by atoms with van der Waals surface area (Å²) in [6.07, 6.45) is 84.6. The minimum absolute atomic E-state index is 0.0695. The van der Waals surface area contributed by atoms with Gasteiger partial charge in [-0.15, -0.1) is 0 Å². The maximum absolute atomic E-state index is 12.9. The fourth-order valence-electron chi connectivity index (χ4n) is 10.8. The normalized spacial score (nSPS) is 12.2. The third-order valence-electron chi connectivity index (χ3n) is 16.1. The molecule has 0 aliphatic heterocycles. The second kappa shape index (κ2) is 68.1. The Morgan fingerprint density at radius 1 is 0.253 bits per heavy atom. The summed E-state index contributed by atoms with van der Waals surface area (Å²) in [6.45, 7) is 6.69. The summed E-state index contributed by atoms with van der Waals surface area (Å²) in [4.78, 5) is 38.4. The largest absolute Gasteiger partial charge is 0.462 e. The molecular weight excluding hydrogens is 973 g/mol. The van der Waals surface area contributed by atoms with Crippen LogP contribution in [0.25, 0.3) is 0 Å². The molecule has 0 N–H and O–H groups in total. The van der Waals surface area contributed by atoms with Gasteiger partial charge in [-0.05, 0) is 57.8 Å². The van der Waals surface area contributed by atoms with Gasteiger partial charge in [0.2, 0.25) is 0 Å². The van der Waals surface area contributed by atoms with E-state index in [2.05, 4.69) is 57.2 Å². The molecule has 1 atom stereocenters. The highest BCUT2D eigenvalue weighted by Crippen LogP contribution is 2.19. The van der Waals surface area contributed by atoms with E-state index >= 15 is 0 Å². The average Bonchev–Trinajstić information content (AvgIpc) is 3.45. The molecule has 0 aliphatic rings. The Balaban J connectivity index is 4.22. The molecule has 464 valence electrons. The maximum Gasteiger partial charge on any atom is 0.306 e. The van der Waals surface area contributed by atoms with Crippen LogP contribution in [0.15, 0.2) is 36.5 Å². The molecule has 6 nitrogen and oxygen atoms in total. The number of hydrogen-bond acceptors (Lipinski definition) is 6. The average molecular weight is 1110 g/mol. The lowest BCUT2D eigenvalue weighted by molar-refractivity contribution is -0.167. The summed E-state index contributed by atoms with van der Waals surface area (Å²) >= 11 is 0. The summed E-state index contributed by atoms with van der Waals surface area (Å²) in [7, 11) is 0. The Labute approximate surface area is 493 Å². The summed E-state index contributed by atoms with van der Waals surface area (Å²) in [6, 6.07) is 0. The highest BCUT2D eigenvalue weighted by Gasteiger charge is 2.19. The lowest BCUT2D eigenvalue weighted by atomic mass is 10.0. The summed E-state index contributed by atoms with van der Waals surface area (Å²) in [5.41, 5.74) is 0. The van der Waals surface area contributed by atoms with Crippen molar-refractivity contribution >= 4 is 17.9 Å². The number of rotatable bonds is 66. The first-order chi connectivity index (χ1) is 39.0. The Morgan fingerprint density at radius 3 is 0.709 bits per heavy atom. The number of unbranched alkanes of at least 4 members (excludes halogenated alkanes) is 49. The fraction of sp³-hybridized carbons (Fsp3) is 0.877. The fourth-order valence-corrected chi connectivity index (χ4v) is 10.8. The molecule has 0 aromatic rings. The predicted octanol–water partition coefficient (Wildman–Crippen LogP) is 24.3. The monoisotopic (exact) mass is 1110 g/mol. The summed E-state index contributed by atoms with van der Waals surface area (Å²) in [5, 5.41) is 0. The van der Waals surface area contributed by atoms with Crippen molar-refractivity contribution in [1.82, 2.24) is 0 Å². The van der Waals surface area contributed by atoms with Crippen LogP contribution in [0.3, 0.4) is 0 Å². The van der Waals surface area contributed by atoms with Crippen LogP contribution in [0.1, 0.15) is 393 Å². The maximum atomic E-state index is 12.9. The molecule has 0 spiro atoms. The highest BCUT2D eigenvalue weighted by atomic mass is 16.6. The van der Waals surface area contributed by atoms with Crippen molar-refractivity contribution in [2.45, 2.75) is 399 Å². The number of ether oxygens (including phenoxy) is 3. The summed E-state index contributed by atoms with van der Waals surface area (Å²) in [5.74, 6) is -0.848. The van der Waals surface area contributed by atoms with E-state index in [1.165, 1.54) is 276 Å². The summed E-state index contributed by atoms with van der Waals surface area (Å²) < 4.78 is 17.0. The Hall–Kier alpha value is -2.37. The third kappa shape index (κ3) is 66.3. The topological polar surface area (TPSA) is 78.9 Å². The van der Waals surface area contributed by atoms with Crippen LogP contribution >= 0.6 is 0 Å². The molecule has 0 aliphatic carbocycles. The number of carbonyl (C=O) groups excluding carboxylic acids is 3. The Kier molecular flexibility index (Phi) is 66.1. The zero-order valence-electron chi connectivity index (χ0n) is 53.4. The first-order valence-corrected chi connectivity index (χ1v) is 35.5. The molecule has 0 fully saturated rings. The molecule has 0 bridgehead atoms. The van der Waals surface area contributed by atoms with Gasteiger partial charge in [-0.3, -0.25) is 14.4 Å². The minimum Gasteiger partial charge on any atom is -0.462 e. The zero-order chi connectivity index (χ0) is 57.1. The van der Waals surface area contributed by atoms with Crippen molar-refractivity contribution in [2.24, 2.45) is 0 Å². The second-order valence-corrected chi connectivity index (χ2v) is 24.2. The number of allylic oxidation sites excluding steroid dienone is 6. The van der Waals surface area contributed by atoms with Gasteiger partial charge in [0.1, 0.15) is 13.2 Å². The number of hydrogen-bond donors (Lipinski definition) is 0. The van der Waals surface area contributed by atoms with Crippen molar-refractivity contribution in [3.8, 4) is 0 Å². The van der Waals surface area contributed by atoms with Crippen molar-refractivity contribution in [3.63, 3.8) is 0 Å². The van der Waals surface area contributed by atoms with E-state index in [-0.39, 0.29) is 31.1 Å². The van der Waals surface area contributed by atoms with E-state index < -0.39 is 6.10 Å². The van der Waals surface area contributed by atoms with Crippen LogP contribution in [0, 0.1) is 0 Å². The quantitative estimate of drug-likeness (QED) is 0.0261. The molecule has 0 aromatic carbocycles. The second-order valence-electron chi connectivity index (χ2n) is 24.2. The molecule has 6 heteroatoms. The van der Waals surface area contributed by atoms with Crippen molar-refractivity contribution in [3.05, 3.63) is 36.5 Å². The molecule has 0 aromatic heterocycles. The van der Waals surface area contributed by atoms with E-state index in [4.69, 9.17) is 14.2 Å².